The van der Waals surface area contributed by atoms with Crippen molar-refractivity contribution >= 4 is 29.5 Å². The minimum Gasteiger partial charge on any atom is -0.459 e. The third-order valence-electron chi connectivity index (χ3n) is 7.36. The fraction of sp³-hybridized carbons (Fsp3) is 0.225. The number of ether oxygens (including phenoxy) is 3. The van der Waals surface area contributed by atoms with Gasteiger partial charge in [0.2, 0.25) is 0 Å². The van der Waals surface area contributed by atoms with Crippen molar-refractivity contribution in [2.45, 2.75) is 54.5 Å². The van der Waals surface area contributed by atoms with Gasteiger partial charge in [0.15, 0.2) is 6.10 Å². The number of thioether (sulfide) groups is 2. The smallest absolute Gasteiger partial charge is 0.338 e. The lowest BCUT2D eigenvalue weighted by Crippen LogP contribution is -2.41. The summed E-state index contributed by atoms with van der Waals surface area (Å²) in [5.74, 6) is 1.29. The van der Waals surface area contributed by atoms with E-state index in [9.17, 15) is 4.79 Å². The van der Waals surface area contributed by atoms with E-state index < -0.39 is 18.2 Å². The van der Waals surface area contributed by atoms with Gasteiger partial charge in [-0.15, -0.1) is 23.5 Å². The lowest BCUT2D eigenvalue weighted by Gasteiger charge is -2.29. The summed E-state index contributed by atoms with van der Waals surface area (Å²) in [6, 6.07) is 50.7. The predicted molar refractivity (Wildman–Crippen MR) is 190 cm³/mol. The average Bonchev–Trinajstić information content (AvgIpc) is 3.12. The molecular formula is C40H40O4S2. The number of carbonyl (C=O) groups excluding carboxylic acids is 1. The fourth-order valence-electron chi connectivity index (χ4n) is 4.86. The van der Waals surface area contributed by atoms with Crippen molar-refractivity contribution in [3.8, 4) is 0 Å². The van der Waals surface area contributed by atoms with Crippen LogP contribution in [0.5, 0.6) is 0 Å². The molecule has 2 unspecified atom stereocenters. The van der Waals surface area contributed by atoms with Gasteiger partial charge in [-0.1, -0.05) is 152 Å². The zero-order chi connectivity index (χ0) is 31.7. The molecule has 46 heavy (non-hydrogen) atoms. The maximum Gasteiger partial charge on any atom is 0.338 e. The van der Waals surface area contributed by atoms with Crippen molar-refractivity contribution < 1.29 is 19.0 Å². The van der Waals surface area contributed by atoms with Crippen molar-refractivity contribution in [1.82, 2.24) is 0 Å². The van der Waals surface area contributed by atoms with Gasteiger partial charge in [0.05, 0.1) is 23.9 Å². The van der Waals surface area contributed by atoms with Gasteiger partial charge < -0.3 is 14.2 Å². The number of rotatable bonds is 18. The standard InChI is InChI=1S/C40H40O4S2/c41-40(44-29-34-20-10-3-11-21-34)39(43-28-33-18-8-2-9-19-33)37(42-27-32-16-6-1-7-17-32)26-38(45-30-35-22-12-4-13-23-35)46-31-36-24-14-5-15-25-36/h1-25,37-39H,26-31H2. The van der Waals surface area contributed by atoms with Crippen LogP contribution in [0.15, 0.2) is 152 Å². The van der Waals surface area contributed by atoms with Gasteiger partial charge in [0.25, 0.3) is 0 Å². The molecule has 5 aromatic carbocycles. The molecule has 5 rings (SSSR count). The molecule has 0 N–H and O–H groups in total. The van der Waals surface area contributed by atoms with Gasteiger partial charge in [-0.25, -0.2) is 4.79 Å². The Morgan fingerprint density at radius 2 is 0.848 bits per heavy atom. The first-order valence-electron chi connectivity index (χ1n) is 15.6. The van der Waals surface area contributed by atoms with Crippen LogP contribution in [-0.4, -0.2) is 22.8 Å². The van der Waals surface area contributed by atoms with Crippen LogP contribution in [0.2, 0.25) is 0 Å². The topological polar surface area (TPSA) is 44.8 Å². The molecule has 0 fully saturated rings. The highest BCUT2D eigenvalue weighted by Crippen LogP contribution is 2.35. The van der Waals surface area contributed by atoms with E-state index in [1.807, 2.05) is 127 Å². The van der Waals surface area contributed by atoms with Gasteiger partial charge in [0, 0.05) is 11.5 Å². The number of esters is 1. The van der Waals surface area contributed by atoms with E-state index in [-0.39, 0.29) is 17.8 Å². The molecule has 0 aliphatic carbocycles. The van der Waals surface area contributed by atoms with Gasteiger partial charge >= 0.3 is 5.97 Å². The first-order valence-corrected chi connectivity index (χ1v) is 17.7. The monoisotopic (exact) mass is 648 g/mol. The number of hydrogen-bond donors (Lipinski definition) is 0. The summed E-state index contributed by atoms with van der Waals surface area (Å²) >= 11 is 3.75. The van der Waals surface area contributed by atoms with Crippen LogP contribution in [0.4, 0.5) is 0 Å². The van der Waals surface area contributed by atoms with Crippen LogP contribution in [0.1, 0.15) is 34.2 Å². The molecule has 0 spiro atoms. The van der Waals surface area contributed by atoms with E-state index >= 15 is 0 Å². The number of carbonyl (C=O) groups is 1. The largest absolute Gasteiger partial charge is 0.459 e. The summed E-state index contributed by atoms with van der Waals surface area (Å²) in [6.45, 7) is 0.809. The molecule has 6 heteroatoms. The zero-order valence-corrected chi connectivity index (χ0v) is 27.5. The van der Waals surface area contributed by atoms with Gasteiger partial charge in [0.1, 0.15) is 6.61 Å². The molecule has 0 aromatic heterocycles. The third kappa shape index (κ3) is 11.5. The Morgan fingerprint density at radius 1 is 0.478 bits per heavy atom. The van der Waals surface area contributed by atoms with Crippen molar-refractivity contribution in [1.29, 1.82) is 0 Å². The van der Waals surface area contributed by atoms with Gasteiger partial charge in [-0.05, 0) is 34.2 Å². The molecule has 0 aliphatic rings. The minimum absolute atomic E-state index is 0.130. The Hall–Kier alpha value is -3.81. The highest BCUT2D eigenvalue weighted by atomic mass is 32.2. The first kappa shape index (κ1) is 33.6. The maximum absolute atomic E-state index is 13.9. The minimum atomic E-state index is -0.912. The SMILES string of the molecule is O=C(OCc1ccccc1)C(OCc1ccccc1)C(CC(SCc1ccccc1)SCc1ccccc1)OCc1ccccc1. The number of hydrogen-bond acceptors (Lipinski definition) is 6. The molecule has 5 aromatic rings. The van der Waals surface area contributed by atoms with E-state index in [1.165, 1.54) is 11.1 Å². The van der Waals surface area contributed by atoms with Gasteiger partial charge in [-0.2, -0.15) is 0 Å². The molecular weight excluding hydrogens is 609 g/mol. The number of benzene rings is 5. The Kier molecular flexibility index (Phi) is 13.9. The Labute approximate surface area is 281 Å². The fourth-order valence-corrected chi connectivity index (χ4v) is 7.44. The van der Waals surface area contributed by atoms with Crippen LogP contribution in [0, 0.1) is 0 Å². The molecule has 0 heterocycles. The summed E-state index contributed by atoms with van der Waals surface area (Å²) in [4.78, 5) is 13.9. The van der Waals surface area contributed by atoms with E-state index in [0.717, 1.165) is 28.2 Å². The highest BCUT2D eigenvalue weighted by Gasteiger charge is 2.34. The summed E-state index contributed by atoms with van der Waals surface area (Å²) in [7, 11) is 0. The second-order valence-electron chi connectivity index (χ2n) is 10.9. The Morgan fingerprint density at radius 3 is 1.28 bits per heavy atom. The van der Waals surface area contributed by atoms with Crippen molar-refractivity contribution in [2.24, 2.45) is 0 Å². The van der Waals surface area contributed by atoms with E-state index in [4.69, 9.17) is 14.2 Å². The van der Waals surface area contributed by atoms with Crippen molar-refractivity contribution in [3.05, 3.63) is 179 Å². The summed E-state index contributed by atoms with van der Waals surface area (Å²) in [5, 5.41) is 0. The molecule has 0 amide bonds. The third-order valence-corrected chi connectivity index (χ3v) is 10.3. The van der Waals surface area contributed by atoms with Crippen LogP contribution < -0.4 is 0 Å². The van der Waals surface area contributed by atoms with Crippen molar-refractivity contribution in [3.63, 3.8) is 0 Å². The Balaban J connectivity index is 1.39. The van der Waals surface area contributed by atoms with Crippen LogP contribution in [-0.2, 0) is 50.3 Å². The lowest BCUT2D eigenvalue weighted by atomic mass is 10.1. The zero-order valence-electron chi connectivity index (χ0n) is 25.9. The van der Waals surface area contributed by atoms with E-state index in [2.05, 4.69) is 48.5 Å². The molecule has 0 aliphatic heterocycles. The molecule has 0 saturated heterocycles. The second kappa shape index (κ2) is 19.0. The summed E-state index contributed by atoms with van der Waals surface area (Å²) in [5.41, 5.74) is 5.47. The molecule has 0 radical (unpaired) electrons. The highest BCUT2D eigenvalue weighted by molar-refractivity contribution is 8.16. The van der Waals surface area contributed by atoms with Crippen LogP contribution >= 0.6 is 23.5 Å². The average molecular weight is 649 g/mol. The van der Waals surface area contributed by atoms with Crippen molar-refractivity contribution in [2.75, 3.05) is 0 Å². The lowest BCUT2D eigenvalue weighted by molar-refractivity contribution is -0.172. The summed E-state index contributed by atoms with van der Waals surface area (Å²) in [6.07, 6.45) is -0.852. The molecule has 0 bridgehead atoms. The molecule has 236 valence electrons. The van der Waals surface area contributed by atoms with E-state index in [0.29, 0.717) is 13.0 Å². The van der Waals surface area contributed by atoms with Gasteiger partial charge in [-0.3, -0.25) is 0 Å². The van der Waals surface area contributed by atoms with E-state index in [1.54, 1.807) is 0 Å². The van der Waals surface area contributed by atoms with Crippen LogP contribution in [0.25, 0.3) is 0 Å². The molecule has 4 nitrogen and oxygen atoms in total. The Bertz CT molecular complexity index is 1490. The second-order valence-corrected chi connectivity index (χ2v) is 13.6. The first-order chi connectivity index (χ1) is 22.7. The van der Waals surface area contributed by atoms with Crippen LogP contribution in [0.3, 0.4) is 0 Å². The maximum atomic E-state index is 13.9. The molecule has 2 atom stereocenters. The predicted octanol–water partition coefficient (Wildman–Crippen LogP) is 9.48. The quantitative estimate of drug-likeness (QED) is 0.0697. The summed E-state index contributed by atoms with van der Waals surface area (Å²) < 4.78 is 19.1. The normalized spacial score (nSPS) is 12.5. The molecule has 0 saturated carbocycles.